The Hall–Kier alpha value is -1.95. The molecule has 0 aliphatic carbocycles. The van der Waals surface area contributed by atoms with E-state index in [2.05, 4.69) is 14.9 Å². The topological polar surface area (TPSA) is 111 Å². The van der Waals surface area contributed by atoms with Gasteiger partial charge in [-0.2, -0.15) is 0 Å². The van der Waals surface area contributed by atoms with E-state index in [0.717, 1.165) is 11.3 Å². The minimum absolute atomic E-state index is 0.0798. The van der Waals surface area contributed by atoms with Gasteiger partial charge in [-0.15, -0.1) is 10.2 Å². The van der Waals surface area contributed by atoms with Gasteiger partial charge in [0.25, 0.3) is 10.0 Å². The van der Waals surface area contributed by atoms with Crippen molar-refractivity contribution in [3.63, 3.8) is 0 Å². The van der Waals surface area contributed by atoms with Gasteiger partial charge in [-0.1, -0.05) is 29.0 Å². The van der Waals surface area contributed by atoms with E-state index in [4.69, 9.17) is 21.1 Å². The van der Waals surface area contributed by atoms with Crippen LogP contribution in [-0.2, 0) is 25.9 Å². The first kappa shape index (κ1) is 20.8. The van der Waals surface area contributed by atoms with Crippen LogP contribution >= 0.6 is 22.9 Å². The second kappa shape index (κ2) is 9.03. The highest BCUT2D eigenvalue weighted by atomic mass is 35.5. The van der Waals surface area contributed by atoms with Crippen LogP contribution in [-0.4, -0.2) is 62.5 Å². The van der Waals surface area contributed by atoms with E-state index in [-0.39, 0.29) is 16.6 Å². The van der Waals surface area contributed by atoms with E-state index in [1.165, 1.54) is 6.07 Å². The Kier molecular flexibility index (Phi) is 6.70. The number of carbonyl (C=O) groups excluding carboxylic acids is 1. The lowest BCUT2D eigenvalue weighted by Crippen LogP contribution is -2.41. The van der Waals surface area contributed by atoms with Gasteiger partial charge in [0.1, 0.15) is 5.01 Å². The summed E-state index contributed by atoms with van der Waals surface area (Å²) in [4.78, 5) is 13.6. The van der Waals surface area contributed by atoms with Crippen molar-refractivity contribution in [3.8, 4) is 0 Å². The molecule has 0 saturated carbocycles. The standard InChI is InChI=1S/C16H19ClN4O5S2/c1-11-12(17)3-2-4-13(11)28(23,24)20-15-19-18-14(27-15)5-8-26-16(22)21-6-9-25-10-7-21/h2-4H,5-10H2,1H3,(H,19,20). The number of hydrogen-bond acceptors (Lipinski definition) is 8. The maximum Gasteiger partial charge on any atom is 0.409 e. The van der Waals surface area contributed by atoms with Crippen molar-refractivity contribution in [2.45, 2.75) is 18.2 Å². The van der Waals surface area contributed by atoms with Crippen LogP contribution in [0.5, 0.6) is 0 Å². The van der Waals surface area contributed by atoms with Crippen molar-refractivity contribution in [1.82, 2.24) is 15.1 Å². The summed E-state index contributed by atoms with van der Waals surface area (Å²) in [6.07, 6.45) is -0.0590. The number of ether oxygens (including phenoxy) is 2. The maximum absolute atomic E-state index is 12.5. The van der Waals surface area contributed by atoms with Crippen molar-refractivity contribution >= 4 is 44.2 Å². The molecule has 1 aromatic heterocycles. The summed E-state index contributed by atoms with van der Waals surface area (Å²) >= 11 is 7.08. The molecule has 1 amide bonds. The van der Waals surface area contributed by atoms with Crippen molar-refractivity contribution in [2.24, 2.45) is 0 Å². The molecule has 1 aromatic carbocycles. The van der Waals surface area contributed by atoms with Gasteiger partial charge in [0.2, 0.25) is 5.13 Å². The molecule has 0 spiro atoms. The van der Waals surface area contributed by atoms with E-state index in [1.54, 1.807) is 24.0 Å². The van der Waals surface area contributed by atoms with E-state index in [1.807, 2.05) is 0 Å². The molecule has 9 nitrogen and oxygen atoms in total. The normalized spacial score (nSPS) is 14.7. The first-order chi connectivity index (χ1) is 13.4. The minimum atomic E-state index is -3.83. The van der Waals surface area contributed by atoms with Gasteiger partial charge in [0.05, 0.1) is 24.7 Å². The van der Waals surface area contributed by atoms with Gasteiger partial charge in [0.15, 0.2) is 0 Å². The molecule has 28 heavy (non-hydrogen) atoms. The van der Waals surface area contributed by atoms with E-state index < -0.39 is 16.1 Å². The summed E-state index contributed by atoms with van der Waals surface area (Å²) in [7, 11) is -3.83. The van der Waals surface area contributed by atoms with Gasteiger partial charge in [0, 0.05) is 24.5 Å². The van der Waals surface area contributed by atoms with Crippen LogP contribution in [0.4, 0.5) is 9.93 Å². The van der Waals surface area contributed by atoms with Gasteiger partial charge >= 0.3 is 6.09 Å². The molecule has 0 radical (unpaired) electrons. The summed E-state index contributed by atoms with van der Waals surface area (Å²) in [6, 6.07) is 4.66. The quantitative estimate of drug-likeness (QED) is 0.724. The largest absolute Gasteiger partial charge is 0.449 e. The fourth-order valence-corrected chi connectivity index (χ4v) is 4.96. The van der Waals surface area contributed by atoms with Crippen LogP contribution in [0.15, 0.2) is 23.1 Å². The maximum atomic E-state index is 12.5. The van der Waals surface area contributed by atoms with Gasteiger partial charge in [-0.05, 0) is 24.6 Å². The number of sulfonamides is 1. The average Bonchev–Trinajstić information content (AvgIpc) is 3.11. The molecule has 2 aromatic rings. The number of carbonyl (C=O) groups is 1. The average molecular weight is 447 g/mol. The van der Waals surface area contributed by atoms with E-state index in [0.29, 0.717) is 48.3 Å². The molecule has 0 unspecified atom stereocenters. The van der Waals surface area contributed by atoms with Crippen LogP contribution in [0, 0.1) is 6.92 Å². The lowest BCUT2D eigenvalue weighted by Gasteiger charge is -2.25. The highest BCUT2D eigenvalue weighted by Crippen LogP contribution is 2.26. The molecule has 0 atom stereocenters. The predicted molar refractivity (Wildman–Crippen MR) is 104 cm³/mol. The number of rotatable bonds is 6. The van der Waals surface area contributed by atoms with Crippen LogP contribution in [0.25, 0.3) is 0 Å². The Labute approximate surface area is 171 Å². The number of nitrogens with one attached hydrogen (secondary N) is 1. The molecule has 12 heteroatoms. The Balaban J connectivity index is 1.55. The number of halogens is 1. The monoisotopic (exact) mass is 446 g/mol. The Morgan fingerprint density at radius 3 is 2.86 bits per heavy atom. The van der Waals surface area contributed by atoms with E-state index >= 15 is 0 Å². The third-order valence-electron chi connectivity index (χ3n) is 4.01. The van der Waals surface area contributed by atoms with Crippen molar-refractivity contribution < 1.29 is 22.7 Å². The molecular formula is C16H19ClN4O5S2. The fourth-order valence-electron chi connectivity index (χ4n) is 2.51. The molecule has 1 saturated heterocycles. The summed E-state index contributed by atoms with van der Waals surface area (Å²) < 4.78 is 37.9. The molecule has 0 bridgehead atoms. The third-order valence-corrected chi connectivity index (χ3v) is 6.93. The second-order valence-electron chi connectivity index (χ2n) is 5.93. The first-order valence-electron chi connectivity index (χ1n) is 8.46. The Morgan fingerprint density at radius 2 is 2.11 bits per heavy atom. The summed E-state index contributed by atoms with van der Waals surface area (Å²) in [5.41, 5.74) is 0.455. The fraction of sp³-hybridized carbons (Fsp3) is 0.438. The third kappa shape index (κ3) is 5.10. The molecule has 152 valence electrons. The molecule has 1 aliphatic heterocycles. The number of aromatic nitrogens is 2. The van der Waals surface area contributed by atoms with Crippen LogP contribution in [0.1, 0.15) is 10.6 Å². The SMILES string of the molecule is Cc1c(Cl)cccc1S(=O)(=O)Nc1nnc(CCOC(=O)N2CCOCC2)s1. The van der Waals surface area contributed by atoms with Crippen molar-refractivity contribution in [3.05, 3.63) is 33.8 Å². The molecule has 3 rings (SSSR count). The zero-order valence-electron chi connectivity index (χ0n) is 15.1. The number of morpholine rings is 1. The number of hydrogen-bond donors (Lipinski definition) is 1. The highest BCUT2D eigenvalue weighted by molar-refractivity contribution is 7.93. The van der Waals surface area contributed by atoms with Crippen LogP contribution in [0.3, 0.4) is 0 Å². The first-order valence-corrected chi connectivity index (χ1v) is 11.1. The van der Waals surface area contributed by atoms with Crippen LogP contribution < -0.4 is 4.72 Å². The number of nitrogens with zero attached hydrogens (tertiary/aromatic N) is 3. The number of benzene rings is 1. The van der Waals surface area contributed by atoms with Gasteiger partial charge in [-0.3, -0.25) is 4.72 Å². The minimum Gasteiger partial charge on any atom is -0.449 e. The lowest BCUT2D eigenvalue weighted by molar-refractivity contribution is 0.0275. The summed E-state index contributed by atoms with van der Waals surface area (Å²) in [6.45, 7) is 3.78. The zero-order valence-corrected chi connectivity index (χ0v) is 17.4. The van der Waals surface area contributed by atoms with Gasteiger partial charge < -0.3 is 14.4 Å². The lowest BCUT2D eigenvalue weighted by atomic mass is 10.2. The Morgan fingerprint density at radius 1 is 1.36 bits per heavy atom. The van der Waals surface area contributed by atoms with Crippen molar-refractivity contribution in [2.75, 3.05) is 37.6 Å². The van der Waals surface area contributed by atoms with E-state index in [9.17, 15) is 13.2 Å². The molecule has 2 heterocycles. The molecular weight excluding hydrogens is 428 g/mol. The molecule has 1 aliphatic rings. The summed E-state index contributed by atoms with van der Waals surface area (Å²) in [5.74, 6) is 0. The zero-order chi connectivity index (χ0) is 20.1. The highest BCUT2D eigenvalue weighted by Gasteiger charge is 2.21. The number of amides is 1. The van der Waals surface area contributed by atoms with Crippen molar-refractivity contribution in [1.29, 1.82) is 0 Å². The van der Waals surface area contributed by atoms with Gasteiger partial charge in [-0.25, -0.2) is 13.2 Å². The smallest absolute Gasteiger partial charge is 0.409 e. The number of anilines is 1. The van der Waals surface area contributed by atoms with Crippen LogP contribution in [0.2, 0.25) is 5.02 Å². The summed E-state index contributed by atoms with van der Waals surface area (Å²) in [5, 5.41) is 8.83. The molecule has 1 fully saturated rings. The predicted octanol–water partition coefficient (Wildman–Crippen LogP) is 2.31. The molecule has 1 N–H and O–H groups in total. The Bertz CT molecular complexity index is 944. The second-order valence-corrected chi connectivity index (χ2v) is 9.05.